The van der Waals surface area contributed by atoms with Crippen LogP contribution in [-0.2, 0) is 4.74 Å². The zero-order chi connectivity index (χ0) is 22.6. The maximum Gasteiger partial charge on any atom is 0.407 e. The molecule has 5 nitrogen and oxygen atoms in total. The van der Waals surface area contributed by atoms with E-state index in [0.29, 0.717) is 17.8 Å². The number of carbonyl (C=O) groups is 1. The molecule has 1 aliphatic rings. The number of halogens is 1. The van der Waals surface area contributed by atoms with E-state index in [2.05, 4.69) is 39.8 Å². The fourth-order valence-electron chi connectivity index (χ4n) is 4.27. The van der Waals surface area contributed by atoms with Gasteiger partial charge >= 0.3 is 6.09 Å². The average Bonchev–Trinajstić information content (AvgIpc) is 3.43. The lowest BCUT2D eigenvalue weighted by Crippen LogP contribution is -2.26. The van der Waals surface area contributed by atoms with Gasteiger partial charge in [0.05, 0.1) is 11.9 Å². The monoisotopic (exact) mass is 439 g/mol. The second-order valence-electron chi connectivity index (χ2n) is 7.82. The number of ether oxygens (including phenoxy) is 1. The lowest BCUT2D eigenvalue weighted by atomic mass is 9.98. The number of benzene rings is 3. The van der Waals surface area contributed by atoms with Crippen LogP contribution in [0, 0.1) is 5.82 Å². The topological polar surface area (TPSA) is 67.0 Å². The molecule has 1 amide bonds. The Labute approximate surface area is 190 Å². The van der Waals surface area contributed by atoms with Crippen LogP contribution in [0.2, 0.25) is 0 Å². The van der Waals surface area contributed by atoms with Gasteiger partial charge in [-0.2, -0.15) is 5.10 Å². The second-order valence-corrected chi connectivity index (χ2v) is 7.82. The number of carbonyl (C=O) groups excluding carboxylic acids is 1. The highest BCUT2D eigenvalue weighted by Crippen LogP contribution is 2.44. The molecule has 3 aromatic carbocycles. The largest absolute Gasteiger partial charge is 0.449 e. The molecule has 1 heterocycles. The van der Waals surface area contributed by atoms with E-state index >= 15 is 0 Å². The normalized spacial score (nSPS) is 12.5. The van der Waals surface area contributed by atoms with Gasteiger partial charge in [-0.05, 0) is 34.4 Å². The average molecular weight is 439 g/mol. The van der Waals surface area contributed by atoms with Crippen molar-refractivity contribution in [3.63, 3.8) is 0 Å². The first-order valence-corrected chi connectivity index (χ1v) is 10.8. The maximum absolute atomic E-state index is 13.5. The number of hydrogen-bond acceptors (Lipinski definition) is 3. The maximum atomic E-state index is 13.5. The van der Waals surface area contributed by atoms with E-state index in [1.807, 2.05) is 36.4 Å². The minimum atomic E-state index is -0.473. The molecule has 0 atom stereocenters. The van der Waals surface area contributed by atoms with Crippen molar-refractivity contribution < 1.29 is 13.9 Å². The van der Waals surface area contributed by atoms with Crippen LogP contribution in [0.4, 0.5) is 9.18 Å². The number of fused-ring (bicyclic) bond motifs is 3. The predicted octanol–water partition coefficient (Wildman–Crippen LogP) is 5.77. The predicted molar refractivity (Wildman–Crippen MR) is 126 cm³/mol. The zero-order valence-corrected chi connectivity index (χ0v) is 17.8. The van der Waals surface area contributed by atoms with E-state index < -0.39 is 6.09 Å². The van der Waals surface area contributed by atoms with Crippen LogP contribution >= 0.6 is 0 Å². The molecule has 1 aromatic heterocycles. The van der Waals surface area contributed by atoms with E-state index in [4.69, 9.17) is 4.74 Å². The molecule has 0 saturated heterocycles. The Morgan fingerprint density at radius 1 is 1.03 bits per heavy atom. The molecule has 0 bridgehead atoms. The third-order valence-corrected chi connectivity index (χ3v) is 5.79. The van der Waals surface area contributed by atoms with Crippen molar-refractivity contribution in [2.75, 3.05) is 13.2 Å². The molecule has 1 aliphatic carbocycles. The summed E-state index contributed by atoms with van der Waals surface area (Å²) in [7, 11) is 0. The Kier molecular flexibility index (Phi) is 5.72. The Bertz CT molecular complexity index is 1280. The summed E-state index contributed by atoms with van der Waals surface area (Å²) in [4.78, 5) is 12.3. The van der Waals surface area contributed by atoms with Gasteiger partial charge in [-0.15, -0.1) is 0 Å². The summed E-state index contributed by atoms with van der Waals surface area (Å²) in [6, 6.07) is 22.8. The molecule has 0 unspecified atom stereocenters. The Morgan fingerprint density at radius 3 is 2.48 bits per heavy atom. The first-order valence-electron chi connectivity index (χ1n) is 10.8. The first-order chi connectivity index (χ1) is 16.2. The summed E-state index contributed by atoms with van der Waals surface area (Å²) in [5.41, 5.74) is 6.96. The third-order valence-electron chi connectivity index (χ3n) is 5.79. The molecule has 2 N–H and O–H groups in total. The van der Waals surface area contributed by atoms with Gasteiger partial charge < -0.3 is 10.1 Å². The van der Waals surface area contributed by atoms with Crippen LogP contribution < -0.4 is 5.32 Å². The van der Waals surface area contributed by atoms with Gasteiger partial charge in [0, 0.05) is 23.6 Å². The van der Waals surface area contributed by atoms with Crippen molar-refractivity contribution in [2.24, 2.45) is 0 Å². The molecule has 0 saturated carbocycles. The lowest BCUT2D eigenvalue weighted by Gasteiger charge is -2.14. The molecule has 0 fully saturated rings. The van der Waals surface area contributed by atoms with Crippen LogP contribution in [0.1, 0.15) is 22.6 Å². The zero-order valence-electron chi connectivity index (χ0n) is 17.8. The van der Waals surface area contributed by atoms with E-state index in [9.17, 15) is 9.18 Å². The highest BCUT2D eigenvalue weighted by atomic mass is 19.1. The van der Waals surface area contributed by atoms with E-state index in [1.54, 1.807) is 18.3 Å². The van der Waals surface area contributed by atoms with Crippen LogP contribution in [0.5, 0.6) is 0 Å². The summed E-state index contributed by atoms with van der Waals surface area (Å²) in [6.45, 7) is 0.569. The highest BCUT2D eigenvalue weighted by Gasteiger charge is 2.28. The minimum absolute atomic E-state index is 0.0263. The van der Waals surface area contributed by atoms with Crippen molar-refractivity contribution in [1.29, 1.82) is 0 Å². The molecule has 0 radical (unpaired) electrons. The standard InChI is InChI=1S/C27H22FN3O2/c28-20-9-5-7-18(15-20)26-19(16-30-31-26)8-6-14-29-27(32)33-17-25-23-12-3-1-10-21(23)22-11-2-4-13-24(22)25/h1-13,15-16,25H,14,17H2,(H,29,32)(H,30,31). The summed E-state index contributed by atoms with van der Waals surface area (Å²) in [5, 5.41) is 9.68. The number of hydrogen-bond donors (Lipinski definition) is 2. The van der Waals surface area contributed by atoms with Crippen molar-refractivity contribution in [1.82, 2.24) is 15.5 Å². The highest BCUT2D eigenvalue weighted by molar-refractivity contribution is 5.79. The third kappa shape index (κ3) is 4.28. The van der Waals surface area contributed by atoms with Crippen LogP contribution in [0.15, 0.2) is 85.1 Å². The first kappa shape index (κ1) is 20.7. The number of amides is 1. The fraction of sp³-hybridized carbons (Fsp3) is 0.111. The molecular formula is C27H22FN3O2. The molecule has 5 rings (SSSR count). The lowest BCUT2D eigenvalue weighted by molar-refractivity contribution is 0.144. The van der Waals surface area contributed by atoms with Gasteiger partial charge in [0.25, 0.3) is 0 Å². The minimum Gasteiger partial charge on any atom is -0.449 e. The van der Waals surface area contributed by atoms with Gasteiger partial charge in [0.15, 0.2) is 0 Å². The number of alkyl carbamates (subject to hydrolysis) is 1. The van der Waals surface area contributed by atoms with Gasteiger partial charge in [-0.25, -0.2) is 9.18 Å². The molecule has 164 valence electrons. The molecule has 33 heavy (non-hydrogen) atoms. The smallest absolute Gasteiger partial charge is 0.407 e. The van der Waals surface area contributed by atoms with Gasteiger partial charge in [0.2, 0.25) is 0 Å². The summed E-state index contributed by atoms with van der Waals surface area (Å²) < 4.78 is 19.1. The van der Waals surface area contributed by atoms with E-state index in [1.165, 1.54) is 34.4 Å². The molecule has 4 aromatic rings. The number of nitrogens with one attached hydrogen (secondary N) is 2. The Morgan fingerprint density at radius 2 is 1.76 bits per heavy atom. The molecular weight excluding hydrogens is 417 g/mol. The van der Waals surface area contributed by atoms with Crippen LogP contribution in [-0.4, -0.2) is 29.4 Å². The van der Waals surface area contributed by atoms with E-state index in [-0.39, 0.29) is 18.3 Å². The van der Waals surface area contributed by atoms with E-state index in [0.717, 1.165) is 5.56 Å². The number of aromatic amines is 1. The summed E-state index contributed by atoms with van der Waals surface area (Å²) in [5.74, 6) is -0.285. The van der Waals surface area contributed by atoms with Crippen molar-refractivity contribution in [2.45, 2.75) is 5.92 Å². The summed E-state index contributed by atoms with van der Waals surface area (Å²) >= 11 is 0. The number of rotatable bonds is 6. The van der Waals surface area contributed by atoms with Gasteiger partial charge in [-0.1, -0.05) is 72.8 Å². The van der Waals surface area contributed by atoms with Crippen molar-refractivity contribution >= 4 is 12.2 Å². The number of H-pyrrole nitrogens is 1. The van der Waals surface area contributed by atoms with Gasteiger partial charge in [-0.3, -0.25) is 5.10 Å². The van der Waals surface area contributed by atoms with Crippen molar-refractivity contribution in [3.05, 3.63) is 108 Å². The molecule has 6 heteroatoms. The van der Waals surface area contributed by atoms with Crippen molar-refractivity contribution in [3.8, 4) is 22.4 Å². The van der Waals surface area contributed by atoms with Gasteiger partial charge in [0.1, 0.15) is 12.4 Å². The van der Waals surface area contributed by atoms with Crippen LogP contribution in [0.3, 0.4) is 0 Å². The summed E-state index contributed by atoms with van der Waals surface area (Å²) in [6.07, 6.45) is 4.81. The number of aromatic nitrogens is 2. The number of nitrogens with zero attached hydrogens (tertiary/aromatic N) is 1. The second kappa shape index (κ2) is 9.12. The Balaban J connectivity index is 1.18. The molecule has 0 aliphatic heterocycles. The Hall–Kier alpha value is -4.19. The van der Waals surface area contributed by atoms with Crippen LogP contribution in [0.25, 0.3) is 28.5 Å². The SMILES string of the molecule is O=C(NCC=Cc1cn[nH]c1-c1cccc(F)c1)OCC1c2ccccc2-c2ccccc21. The molecule has 0 spiro atoms. The quantitative estimate of drug-likeness (QED) is 0.401. The fourth-order valence-corrected chi connectivity index (χ4v) is 4.27.